The normalized spacial score (nSPS) is 10.1. The number of hydrogen-bond acceptors (Lipinski definition) is 2. The van der Waals surface area contributed by atoms with Gasteiger partial charge in [-0.25, -0.2) is 4.39 Å². The predicted octanol–water partition coefficient (Wildman–Crippen LogP) is 4.26. The van der Waals surface area contributed by atoms with E-state index in [9.17, 15) is 4.39 Å². The van der Waals surface area contributed by atoms with E-state index in [2.05, 4.69) is 4.98 Å². The molecule has 2 rings (SSSR count). The molecule has 0 fully saturated rings. The number of benzene rings is 1. The molecule has 0 saturated heterocycles. The fourth-order valence-corrected chi connectivity index (χ4v) is 1.80. The van der Waals surface area contributed by atoms with Gasteiger partial charge in [0.2, 0.25) is 0 Å². The first-order chi connectivity index (χ1) is 8.61. The SMILES string of the molecule is N#CCc1ncc(-c2ccc(Cl)c(Cl)c2)cc1F. The van der Waals surface area contributed by atoms with Crippen LogP contribution in [-0.4, -0.2) is 4.98 Å². The molecule has 5 heteroatoms. The van der Waals surface area contributed by atoms with E-state index < -0.39 is 5.82 Å². The molecule has 1 aromatic heterocycles. The van der Waals surface area contributed by atoms with Crippen molar-refractivity contribution in [3.05, 3.63) is 52.0 Å². The Morgan fingerprint density at radius 2 is 1.94 bits per heavy atom. The highest BCUT2D eigenvalue weighted by molar-refractivity contribution is 6.42. The van der Waals surface area contributed by atoms with E-state index in [1.165, 1.54) is 12.3 Å². The summed E-state index contributed by atoms with van der Waals surface area (Å²) < 4.78 is 13.6. The van der Waals surface area contributed by atoms with Gasteiger partial charge < -0.3 is 0 Å². The first-order valence-electron chi connectivity index (χ1n) is 5.08. The highest BCUT2D eigenvalue weighted by Crippen LogP contribution is 2.28. The maximum Gasteiger partial charge on any atom is 0.146 e. The van der Waals surface area contributed by atoms with Crippen LogP contribution in [0.3, 0.4) is 0 Å². The number of pyridine rings is 1. The van der Waals surface area contributed by atoms with Crippen molar-refractivity contribution in [2.75, 3.05) is 0 Å². The van der Waals surface area contributed by atoms with Gasteiger partial charge in [-0.1, -0.05) is 29.3 Å². The Morgan fingerprint density at radius 3 is 2.56 bits per heavy atom. The second kappa shape index (κ2) is 5.34. The molecular formula is C13H7Cl2FN2. The van der Waals surface area contributed by atoms with Gasteiger partial charge >= 0.3 is 0 Å². The fourth-order valence-electron chi connectivity index (χ4n) is 1.50. The Hall–Kier alpha value is -1.63. The number of hydrogen-bond donors (Lipinski definition) is 0. The predicted molar refractivity (Wildman–Crippen MR) is 69.0 cm³/mol. The molecule has 0 bridgehead atoms. The lowest BCUT2D eigenvalue weighted by Gasteiger charge is -2.05. The third-order valence-corrected chi connectivity index (χ3v) is 3.16. The summed E-state index contributed by atoms with van der Waals surface area (Å²) in [6, 6.07) is 8.21. The second-order valence-corrected chi connectivity index (χ2v) is 4.43. The number of aromatic nitrogens is 1. The molecule has 0 spiro atoms. The molecule has 2 nitrogen and oxygen atoms in total. The first-order valence-corrected chi connectivity index (χ1v) is 5.84. The van der Waals surface area contributed by atoms with E-state index in [0.717, 1.165) is 5.56 Å². The van der Waals surface area contributed by atoms with Crippen molar-refractivity contribution in [2.45, 2.75) is 6.42 Å². The van der Waals surface area contributed by atoms with E-state index in [1.54, 1.807) is 18.2 Å². The molecule has 1 aromatic carbocycles. The average Bonchev–Trinajstić information content (AvgIpc) is 2.35. The van der Waals surface area contributed by atoms with Crippen LogP contribution in [0.2, 0.25) is 10.0 Å². The zero-order chi connectivity index (χ0) is 13.1. The standard InChI is InChI=1S/C13H7Cl2FN2/c14-10-2-1-8(5-11(10)15)9-6-12(16)13(3-4-17)18-7-9/h1-2,5-7H,3H2. The number of rotatable bonds is 2. The Kier molecular flexibility index (Phi) is 3.81. The van der Waals surface area contributed by atoms with Crippen LogP contribution >= 0.6 is 23.2 Å². The van der Waals surface area contributed by atoms with Crippen LogP contribution in [0.15, 0.2) is 30.5 Å². The lowest BCUT2D eigenvalue weighted by molar-refractivity contribution is 0.606. The molecule has 0 amide bonds. The number of halogens is 3. The third kappa shape index (κ3) is 2.61. The van der Waals surface area contributed by atoms with Gasteiger partial charge in [-0.3, -0.25) is 4.98 Å². The summed E-state index contributed by atoms with van der Waals surface area (Å²) in [4.78, 5) is 3.92. The Balaban J connectivity index is 2.43. The van der Waals surface area contributed by atoms with Gasteiger partial charge in [-0.2, -0.15) is 5.26 Å². The molecule has 90 valence electrons. The van der Waals surface area contributed by atoms with Gasteiger partial charge in [0.1, 0.15) is 5.82 Å². The maximum atomic E-state index is 13.6. The largest absolute Gasteiger partial charge is 0.256 e. The Bertz CT molecular complexity index is 635. The third-order valence-electron chi connectivity index (χ3n) is 2.42. The lowest BCUT2D eigenvalue weighted by atomic mass is 10.1. The molecule has 0 aliphatic heterocycles. The molecule has 0 atom stereocenters. The molecule has 1 heterocycles. The minimum absolute atomic E-state index is 0.0481. The zero-order valence-corrected chi connectivity index (χ0v) is 10.6. The Morgan fingerprint density at radius 1 is 1.17 bits per heavy atom. The molecule has 0 unspecified atom stereocenters. The molecule has 0 radical (unpaired) electrons. The van der Waals surface area contributed by atoms with Gasteiger partial charge in [0.05, 0.1) is 28.2 Å². The molecule has 18 heavy (non-hydrogen) atoms. The minimum Gasteiger partial charge on any atom is -0.256 e. The molecule has 0 aliphatic carbocycles. The van der Waals surface area contributed by atoms with E-state index in [4.69, 9.17) is 28.5 Å². The molecule has 2 aromatic rings. The number of nitrogens with zero attached hydrogens (tertiary/aromatic N) is 2. The molecule has 0 aliphatic rings. The zero-order valence-electron chi connectivity index (χ0n) is 9.12. The summed E-state index contributed by atoms with van der Waals surface area (Å²) in [5.41, 5.74) is 1.45. The summed E-state index contributed by atoms with van der Waals surface area (Å²) in [5, 5.41) is 9.35. The van der Waals surface area contributed by atoms with Crippen LogP contribution in [0, 0.1) is 17.1 Å². The minimum atomic E-state index is -0.500. The van der Waals surface area contributed by atoms with Crippen LogP contribution in [0.25, 0.3) is 11.1 Å². The van der Waals surface area contributed by atoms with Crippen molar-refractivity contribution in [3.63, 3.8) is 0 Å². The van der Waals surface area contributed by atoms with Gasteiger partial charge in [-0.15, -0.1) is 0 Å². The fraction of sp³-hybridized carbons (Fsp3) is 0.0769. The summed E-state index contributed by atoms with van der Waals surface area (Å²) in [6.07, 6.45) is 1.46. The van der Waals surface area contributed by atoms with E-state index in [0.29, 0.717) is 15.6 Å². The van der Waals surface area contributed by atoms with Crippen molar-refractivity contribution in [3.8, 4) is 17.2 Å². The van der Waals surface area contributed by atoms with Crippen LogP contribution in [-0.2, 0) is 6.42 Å². The van der Waals surface area contributed by atoms with Crippen molar-refractivity contribution >= 4 is 23.2 Å². The molecular weight excluding hydrogens is 274 g/mol. The smallest absolute Gasteiger partial charge is 0.146 e. The summed E-state index contributed by atoms with van der Waals surface area (Å²) in [6.45, 7) is 0. The van der Waals surface area contributed by atoms with Crippen LogP contribution in [0.4, 0.5) is 4.39 Å². The Labute approximate surface area is 114 Å². The van der Waals surface area contributed by atoms with Gasteiger partial charge in [0, 0.05) is 11.8 Å². The number of nitriles is 1. The second-order valence-electron chi connectivity index (χ2n) is 3.62. The van der Waals surface area contributed by atoms with Crippen LogP contribution in [0.1, 0.15) is 5.69 Å². The highest BCUT2D eigenvalue weighted by atomic mass is 35.5. The van der Waals surface area contributed by atoms with Crippen LogP contribution < -0.4 is 0 Å². The lowest BCUT2D eigenvalue weighted by Crippen LogP contribution is -1.94. The first kappa shape index (κ1) is 12.8. The topological polar surface area (TPSA) is 36.7 Å². The van der Waals surface area contributed by atoms with Gasteiger partial charge in [0.15, 0.2) is 0 Å². The summed E-state index contributed by atoms with van der Waals surface area (Å²) in [7, 11) is 0. The quantitative estimate of drug-likeness (QED) is 0.824. The highest BCUT2D eigenvalue weighted by Gasteiger charge is 2.07. The van der Waals surface area contributed by atoms with Crippen molar-refractivity contribution in [2.24, 2.45) is 0 Å². The van der Waals surface area contributed by atoms with Crippen molar-refractivity contribution in [1.82, 2.24) is 4.98 Å². The van der Waals surface area contributed by atoms with Crippen molar-refractivity contribution in [1.29, 1.82) is 5.26 Å². The van der Waals surface area contributed by atoms with E-state index in [1.807, 2.05) is 6.07 Å². The summed E-state index contributed by atoms with van der Waals surface area (Å²) >= 11 is 11.7. The van der Waals surface area contributed by atoms with Gasteiger partial charge in [-0.05, 0) is 23.8 Å². The van der Waals surface area contributed by atoms with Gasteiger partial charge in [0.25, 0.3) is 0 Å². The van der Waals surface area contributed by atoms with Crippen molar-refractivity contribution < 1.29 is 4.39 Å². The monoisotopic (exact) mass is 280 g/mol. The molecule has 0 N–H and O–H groups in total. The summed E-state index contributed by atoms with van der Waals surface area (Å²) in [5.74, 6) is -0.500. The van der Waals surface area contributed by atoms with E-state index in [-0.39, 0.29) is 12.1 Å². The van der Waals surface area contributed by atoms with Crippen LogP contribution in [0.5, 0.6) is 0 Å². The average molecular weight is 281 g/mol. The van der Waals surface area contributed by atoms with E-state index >= 15 is 0 Å². The molecule has 0 saturated carbocycles. The maximum absolute atomic E-state index is 13.6.